The SMILES string of the molecule is c1ccc(-c2c3ccccc3c(-c3ccc4oc5cc6ccccc6cc5c4c3)c3ccccc23)cc1.c1ccc(-c2ccccc2-c2c3ccccc3c(-c3ccc4oc5cc6ccccc6cc5c4c3)c3ccccc23)cc1.c1ccc2cc3c(cc2c1)oc1ccc(-c2c4ccccc4c(-c4cccc5ccccc45)c4ccccc24)cc13. The van der Waals surface area contributed by atoms with E-state index in [4.69, 9.17) is 13.3 Å². The van der Waals surface area contributed by atoms with E-state index in [0.29, 0.717) is 0 Å². The smallest absolute Gasteiger partial charge is 0.136 e. The number of furan rings is 3. The van der Waals surface area contributed by atoms with Crippen molar-refractivity contribution in [3.05, 3.63) is 437 Å². The van der Waals surface area contributed by atoms with Gasteiger partial charge in [0.1, 0.15) is 33.5 Å². The second-order valence-electron chi connectivity index (χ2n) is 31.9. The fraction of sp³-hybridized carbons (Fsp3) is 0. The van der Waals surface area contributed by atoms with Crippen molar-refractivity contribution in [1.82, 2.24) is 0 Å². The van der Waals surface area contributed by atoms with Crippen LogP contribution < -0.4 is 0 Å². The van der Waals surface area contributed by atoms with E-state index in [9.17, 15) is 0 Å². The Balaban J connectivity index is 0.000000103. The third kappa shape index (κ3) is 11.6. The van der Waals surface area contributed by atoms with Crippen LogP contribution in [0.1, 0.15) is 0 Å². The molecule has 562 valence electrons. The molecule has 0 atom stereocenters. The molecule has 0 unspecified atom stereocenters. The van der Waals surface area contributed by atoms with Crippen LogP contribution in [0.15, 0.2) is 450 Å². The fourth-order valence-corrected chi connectivity index (χ4v) is 19.7. The summed E-state index contributed by atoms with van der Waals surface area (Å²) in [6.07, 6.45) is 0. The Morgan fingerprint density at radius 1 is 0.107 bits per heavy atom. The Morgan fingerprint density at radius 3 is 0.686 bits per heavy atom. The molecule has 0 N–H and O–H groups in total. The molecule has 0 aliphatic carbocycles. The molecule has 0 saturated heterocycles. The molecule has 0 spiro atoms. The lowest BCUT2D eigenvalue weighted by molar-refractivity contribution is 0.669. The van der Waals surface area contributed by atoms with Gasteiger partial charge < -0.3 is 13.3 Å². The molecule has 26 aromatic rings. The van der Waals surface area contributed by atoms with Gasteiger partial charge >= 0.3 is 0 Å². The second-order valence-corrected chi connectivity index (χ2v) is 31.9. The molecular formula is C118H72O3. The first-order chi connectivity index (χ1) is 60.0. The number of hydrogen-bond donors (Lipinski definition) is 0. The van der Waals surface area contributed by atoms with Crippen molar-refractivity contribution in [2.75, 3.05) is 0 Å². The van der Waals surface area contributed by atoms with Crippen LogP contribution in [-0.4, -0.2) is 0 Å². The van der Waals surface area contributed by atoms with Crippen molar-refractivity contribution in [2.24, 2.45) is 0 Å². The van der Waals surface area contributed by atoms with Crippen LogP contribution in [0.25, 0.3) is 251 Å². The molecule has 0 aliphatic heterocycles. The van der Waals surface area contributed by atoms with Gasteiger partial charge in [-0.3, -0.25) is 0 Å². The summed E-state index contributed by atoms with van der Waals surface area (Å²) in [5.74, 6) is 0. The van der Waals surface area contributed by atoms with E-state index in [2.05, 4.69) is 437 Å². The molecule has 3 heterocycles. The maximum atomic E-state index is 6.36. The Bertz CT molecular complexity index is 8540. The molecule has 121 heavy (non-hydrogen) atoms. The molecular weight excluding hydrogens is 1470 g/mol. The molecule has 23 aromatic carbocycles. The van der Waals surface area contributed by atoms with Gasteiger partial charge in [-0.05, 0) is 258 Å². The van der Waals surface area contributed by atoms with Crippen molar-refractivity contribution in [3.63, 3.8) is 0 Å². The van der Waals surface area contributed by atoms with Crippen molar-refractivity contribution in [1.29, 1.82) is 0 Å². The predicted molar refractivity (Wildman–Crippen MR) is 514 cm³/mol. The van der Waals surface area contributed by atoms with Crippen LogP contribution in [-0.2, 0) is 0 Å². The quantitative estimate of drug-likeness (QED) is 0.149. The highest BCUT2D eigenvalue weighted by Gasteiger charge is 2.24. The summed E-state index contributed by atoms with van der Waals surface area (Å²) in [6.45, 7) is 0. The minimum atomic E-state index is 0.913. The van der Waals surface area contributed by atoms with Gasteiger partial charge in [0.2, 0.25) is 0 Å². The standard InChI is InChI=1S/C42H26O.C40H24O.C36H22O/c1-2-12-27(13-3-1)31-16-6-7-17-32(31)42-35-20-10-8-18-33(35)41(34-19-9-11-21-36(34)42)30-22-23-39-37(25-30)38-24-28-14-4-5-15-29(28)26-40(38)43-39;1-2-12-27-24-38-36(22-26(27)11-1)35-23-28(20-21-37(35)41-38)39-31-15-5-7-17-33(31)40(34-18-8-6-16-32(34)39)30-19-9-13-25-10-3-4-14-29(25)30;1-2-10-23(11-3-1)35-27-14-6-8-16-29(27)36(30-17-9-7-15-28(30)35)26-18-19-33-31(21-26)32-20-24-12-4-5-13-25(24)22-34(32)37-33/h1-26H;1-24H;1-22H. The average molecular weight is 1540 g/mol. The van der Waals surface area contributed by atoms with Gasteiger partial charge in [-0.15, -0.1) is 0 Å². The molecule has 3 nitrogen and oxygen atoms in total. The minimum absolute atomic E-state index is 0.913. The summed E-state index contributed by atoms with van der Waals surface area (Å²) in [5, 5.41) is 31.8. The Labute approximate surface area is 696 Å². The van der Waals surface area contributed by atoms with Gasteiger partial charge in [0, 0.05) is 32.3 Å². The maximum absolute atomic E-state index is 6.36. The van der Waals surface area contributed by atoms with Gasteiger partial charge in [-0.1, -0.05) is 364 Å². The number of fused-ring (bicyclic) bond motifs is 19. The van der Waals surface area contributed by atoms with Crippen molar-refractivity contribution in [3.8, 4) is 77.9 Å². The van der Waals surface area contributed by atoms with Gasteiger partial charge in [0.15, 0.2) is 0 Å². The molecule has 3 heteroatoms. The zero-order valence-corrected chi connectivity index (χ0v) is 65.8. The molecule has 0 radical (unpaired) electrons. The third-order valence-electron chi connectivity index (χ3n) is 25.1. The van der Waals surface area contributed by atoms with E-state index in [0.717, 1.165) is 65.8 Å². The van der Waals surface area contributed by atoms with E-state index in [1.54, 1.807) is 0 Å². The average Bonchev–Trinajstić information content (AvgIpc) is 1.36. The Kier molecular flexibility index (Phi) is 16.3. The predicted octanol–water partition coefficient (Wildman–Crippen LogP) is 34.0. The lowest BCUT2D eigenvalue weighted by atomic mass is 9.83. The van der Waals surface area contributed by atoms with E-state index >= 15 is 0 Å². The summed E-state index contributed by atoms with van der Waals surface area (Å²) in [4.78, 5) is 0. The highest BCUT2D eigenvalue weighted by molar-refractivity contribution is 6.28. The largest absolute Gasteiger partial charge is 0.456 e. The minimum Gasteiger partial charge on any atom is -0.456 e. The topological polar surface area (TPSA) is 39.4 Å². The summed E-state index contributed by atoms with van der Waals surface area (Å²) < 4.78 is 19.0. The van der Waals surface area contributed by atoms with Crippen LogP contribution in [0.4, 0.5) is 0 Å². The van der Waals surface area contributed by atoms with E-state index in [1.165, 1.54) is 186 Å². The maximum Gasteiger partial charge on any atom is 0.136 e. The van der Waals surface area contributed by atoms with Crippen LogP contribution >= 0.6 is 0 Å². The van der Waals surface area contributed by atoms with Gasteiger partial charge in [0.05, 0.1) is 0 Å². The third-order valence-corrected chi connectivity index (χ3v) is 25.1. The highest BCUT2D eigenvalue weighted by Crippen LogP contribution is 2.51. The monoisotopic (exact) mass is 1540 g/mol. The molecule has 0 bridgehead atoms. The highest BCUT2D eigenvalue weighted by atomic mass is 16.3. The molecule has 26 rings (SSSR count). The lowest BCUT2D eigenvalue weighted by Crippen LogP contribution is -1.92. The van der Waals surface area contributed by atoms with Gasteiger partial charge in [0.25, 0.3) is 0 Å². The molecule has 0 saturated carbocycles. The summed E-state index contributed by atoms with van der Waals surface area (Å²) in [6, 6.07) is 157. The zero-order valence-electron chi connectivity index (χ0n) is 65.8. The van der Waals surface area contributed by atoms with E-state index < -0.39 is 0 Å². The Hall–Kier alpha value is -15.9. The van der Waals surface area contributed by atoms with Crippen molar-refractivity contribution in [2.45, 2.75) is 0 Å². The first-order valence-electron chi connectivity index (χ1n) is 41.6. The molecule has 0 aliphatic rings. The van der Waals surface area contributed by atoms with Crippen LogP contribution in [0.2, 0.25) is 0 Å². The van der Waals surface area contributed by atoms with E-state index in [1.807, 2.05) is 0 Å². The number of rotatable bonds is 7. The summed E-state index contributed by atoms with van der Waals surface area (Å²) in [7, 11) is 0. The van der Waals surface area contributed by atoms with E-state index in [-0.39, 0.29) is 0 Å². The summed E-state index contributed by atoms with van der Waals surface area (Å²) in [5.41, 5.74) is 23.0. The van der Waals surface area contributed by atoms with Crippen molar-refractivity contribution >= 4 is 174 Å². The van der Waals surface area contributed by atoms with Crippen molar-refractivity contribution < 1.29 is 13.3 Å². The van der Waals surface area contributed by atoms with Gasteiger partial charge in [-0.2, -0.15) is 0 Å². The van der Waals surface area contributed by atoms with Gasteiger partial charge in [-0.25, -0.2) is 0 Å². The molecule has 0 fully saturated rings. The first-order valence-corrected chi connectivity index (χ1v) is 41.6. The number of hydrogen-bond acceptors (Lipinski definition) is 3. The fourth-order valence-electron chi connectivity index (χ4n) is 19.7. The molecule has 0 amide bonds. The zero-order chi connectivity index (χ0) is 79.6. The normalized spacial score (nSPS) is 11.8. The summed E-state index contributed by atoms with van der Waals surface area (Å²) >= 11 is 0. The molecule has 3 aromatic heterocycles. The van der Waals surface area contributed by atoms with Crippen LogP contribution in [0.3, 0.4) is 0 Å². The second kappa shape index (κ2) is 28.5. The van der Waals surface area contributed by atoms with Crippen LogP contribution in [0.5, 0.6) is 0 Å². The number of benzene rings is 23. The lowest BCUT2D eigenvalue weighted by Gasteiger charge is -2.19. The van der Waals surface area contributed by atoms with Crippen LogP contribution in [0, 0.1) is 0 Å². The first kappa shape index (κ1) is 69.4. The Morgan fingerprint density at radius 2 is 0.339 bits per heavy atom.